The Balaban J connectivity index is 1.12. The Morgan fingerprint density at radius 3 is 2.68 bits per heavy atom. The van der Waals surface area contributed by atoms with Crippen LogP contribution in [0.4, 0.5) is 0 Å². The highest BCUT2D eigenvalue weighted by atomic mass is 16.5. The predicted octanol–water partition coefficient (Wildman–Crippen LogP) is 3.97. The lowest BCUT2D eigenvalue weighted by atomic mass is 9.88. The van der Waals surface area contributed by atoms with Crippen molar-refractivity contribution in [2.24, 2.45) is 0 Å². The Morgan fingerprint density at radius 1 is 1.09 bits per heavy atom. The molecule has 0 bridgehead atoms. The van der Waals surface area contributed by atoms with Crippen LogP contribution in [-0.2, 0) is 22.5 Å². The van der Waals surface area contributed by atoms with Crippen LogP contribution in [-0.4, -0.2) is 42.1 Å². The van der Waals surface area contributed by atoms with Crippen LogP contribution in [0.15, 0.2) is 63.8 Å². The number of fused-ring (bicyclic) bond motifs is 1. The average Bonchev–Trinajstić information content (AvgIpc) is 3.22. The minimum atomic E-state index is -0.430. The lowest BCUT2D eigenvalue weighted by Gasteiger charge is -2.39. The predicted molar refractivity (Wildman–Crippen MR) is 132 cm³/mol. The van der Waals surface area contributed by atoms with Gasteiger partial charge in [-0.05, 0) is 55.4 Å². The van der Waals surface area contributed by atoms with Crippen LogP contribution in [0.1, 0.15) is 42.4 Å². The van der Waals surface area contributed by atoms with Gasteiger partial charge in [-0.1, -0.05) is 42.5 Å². The molecule has 5 rings (SSSR count). The maximum absolute atomic E-state index is 12.7. The number of hydrogen-bond acceptors (Lipinski definition) is 5. The number of amides is 1. The van der Waals surface area contributed by atoms with E-state index in [4.69, 9.17) is 9.15 Å². The van der Waals surface area contributed by atoms with Gasteiger partial charge >= 0.3 is 5.63 Å². The summed E-state index contributed by atoms with van der Waals surface area (Å²) in [5, 5.41) is 3.83. The molecule has 34 heavy (non-hydrogen) atoms. The maximum atomic E-state index is 12.7. The van der Waals surface area contributed by atoms with E-state index < -0.39 is 5.63 Å². The normalized spacial score (nSPS) is 20.1. The highest BCUT2D eigenvalue weighted by Crippen LogP contribution is 2.39. The molecule has 1 amide bonds. The zero-order chi connectivity index (χ0) is 23.5. The van der Waals surface area contributed by atoms with Gasteiger partial charge in [-0.15, -0.1) is 0 Å². The molecule has 2 fully saturated rings. The van der Waals surface area contributed by atoms with E-state index in [0.29, 0.717) is 17.7 Å². The minimum absolute atomic E-state index is 0.0462. The van der Waals surface area contributed by atoms with Gasteiger partial charge in [-0.3, -0.25) is 9.69 Å². The molecular formula is C28H32N2O4. The Kier molecular flexibility index (Phi) is 6.53. The number of aryl methyl sites for hydroxylation is 1. The summed E-state index contributed by atoms with van der Waals surface area (Å²) in [6.45, 7) is 5.52. The summed E-state index contributed by atoms with van der Waals surface area (Å²) in [5.74, 6) is -0.102. The molecule has 0 radical (unpaired) electrons. The van der Waals surface area contributed by atoms with Gasteiger partial charge in [0.05, 0.1) is 18.1 Å². The van der Waals surface area contributed by atoms with E-state index in [1.54, 1.807) is 0 Å². The second kappa shape index (κ2) is 9.72. The van der Waals surface area contributed by atoms with E-state index in [1.807, 2.05) is 25.1 Å². The van der Waals surface area contributed by atoms with Crippen molar-refractivity contribution < 1.29 is 13.9 Å². The van der Waals surface area contributed by atoms with Crippen LogP contribution in [0.25, 0.3) is 11.0 Å². The molecule has 3 heterocycles. The molecule has 1 aromatic heterocycles. The standard InChI is InChI=1S/C28H32N2O4/c1-20-7-8-24-22(17-27(32)33-25(24)15-20)16-26(31)29-18-23-9-10-28(34-23)11-13-30(14-12-28)19-21-5-3-2-4-6-21/h2-8,15,17,23H,9-14,16,18-19H2,1H3,(H,29,31)/t23-/m0/s1. The van der Waals surface area contributed by atoms with Crippen LogP contribution in [0, 0.1) is 6.92 Å². The fraction of sp³-hybridized carbons (Fsp3) is 0.429. The first-order valence-electron chi connectivity index (χ1n) is 12.2. The summed E-state index contributed by atoms with van der Waals surface area (Å²) >= 11 is 0. The van der Waals surface area contributed by atoms with E-state index in [9.17, 15) is 9.59 Å². The number of hydrogen-bond donors (Lipinski definition) is 1. The summed E-state index contributed by atoms with van der Waals surface area (Å²) in [7, 11) is 0. The van der Waals surface area contributed by atoms with Gasteiger partial charge < -0.3 is 14.5 Å². The molecule has 3 aromatic rings. The number of likely N-dealkylation sites (tertiary alicyclic amines) is 1. The maximum Gasteiger partial charge on any atom is 0.336 e. The summed E-state index contributed by atoms with van der Waals surface area (Å²) in [4.78, 5) is 27.1. The Hall–Kier alpha value is -2.96. The number of nitrogens with one attached hydrogen (secondary N) is 1. The second-order valence-electron chi connectivity index (χ2n) is 9.79. The molecule has 6 heteroatoms. The van der Waals surface area contributed by atoms with Crippen molar-refractivity contribution >= 4 is 16.9 Å². The third-order valence-corrected chi connectivity index (χ3v) is 7.22. The lowest BCUT2D eigenvalue weighted by Crippen LogP contribution is -2.45. The first kappa shape index (κ1) is 22.8. The van der Waals surface area contributed by atoms with E-state index in [1.165, 1.54) is 11.6 Å². The number of benzene rings is 2. The number of carbonyl (C=O) groups excluding carboxylic acids is 1. The van der Waals surface area contributed by atoms with Crippen LogP contribution in [0.2, 0.25) is 0 Å². The number of rotatable bonds is 6. The molecule has 0 unspecified atom stereocenters. The van der Waals surface area contributed by atoms with Gasteiger partial charge in [-0.2, -0.15) is 0 Å². The average molecular weight is 461 g/mol. The molecule has 1 N–H and O–H groups in total. The van der Waals surface area contributed by atoms with Crippen LogP contribution in [0.3, 0.4) is 0 Å². The molecule has 1 spiro atoms. The van der Waals surface area contributed by atoms with Crippen molar-refractivity contribution in [1.29, 1.82) is 0 Å². The van der Waals surface area contributed by atoms with Gasteiger partial charge in [0.1, 0.15) is 5.58 Å². The molecule has 1 atom stereocenters. The highest BCUT2D eigenvalue weighted by molar-refractivity contribution is 5.87. The third-order valence-electron chi connectivity index (χ3n) is 7.22. The van der Waals surface area contributed by atoms with E-state index in [2.05, 4.69) is 40.5 Å². The van der Waals surface area contributed by atoms with Crippen LogP contribution >= 0.6 is 0 Å². The SMILES string of the molecule is Cc1ccc2c(CC(=O)NC[C@@H]3CCC4(CCN(Cc5ccccc5)CC4)O3)cc(=O)oc2c1. The molecule has 2 aliphatic rings. The van der Waals surface area contributed by atoms with Gasteiger partial charge in [0.2, 0.25) is 5.91 Å². The Labute approximate surface area is 199 Å². The largest absolute Gasteiger partial charge is 0.423 e. The Morgan fingerprint density at radius 2 is 1.88 bits per heavy atom. The van der Waals surface area contributed by atoms with E-state index in [-0.39, 0.29) is 24.0 Å². The lowest BCUT2D eigenvalue weighted by molar-refractivity contribution is -0.122. The topological polar surface area (TPSA) is 71.8 Å². The zero-order valence-electron chi connectivity index (χ0n) is 19.7. The number of ether oxygens (including phenoxy) is 1. The molecule has 0 saturated carbocycles. The van der Waals surface area contributed by atoms with Crippen LogP contribution < -0.4 is 10.9 Å². The molecule has 6 nitrogen and oxygen atoms in total. The molecular weight excluding hydrogens is 428 g/mol. The molecule has 2 aliphatic heterocycles. The van der Waals surface area contributed by atoms with Gasteiger partial charge in [0.25, 0.3) is 0 Å². The van der Waals surface area contributed by atoms with Crippen molar-refractivity contribution in [2.45, 2.75) is 57.3 Å². The van der Waals surface area contributed by atoms with E-state index >= 15 is 0 Å². The highest BCUT2D eigenvalue weighted by Gasteiger charge is 2.42. The minimum Gasteiger partial charge on any atom is -0.423 e. The molecule has 0 aliphatic carbocycles. The summed E-state index contributed by atoms with van der Waals surface area (Å²) < 4.78 is 11.8. The number of piperidine rings is 1. The summed E-state index contributed by atoms with van der Waals surface area (Å²) in [5.41, 5.74) is 3.10. The molecule has 178 valence electrons. The van der Waals surface area contributed by atoms with Crippen molar-refractivity contribution in [3.8, 4) is 0 Å². The molecule has 2 saturated heterocycles. The smallest absolute Gasteiger partial charge is 0.336 e. The summed E-state index contributed by atoms with van der Waals surface area (Å²) in [6.07, 6.45) is 4.29. The van der Waals surface area contributed by atoms with Crippen molar-refractivity contribution in [3.63, 3.8) is 0 Å². The first-order valence-corrected chi connectivity index (χ1v) is 12.2. The van der Waals surface area contributed by atoms with Gasteiger partial charge in [-0.25, -0.2) is 4.79 Å². The van der Waals surface area contributed by atoms with Crippen molar-refractivity contribution in [2.75, 3.05) is 19.6 Å². The van der Waals surface area contributed by atoms with Crippen molar-refractivity contribution in [3.05, 3.63) is 81.7 Å². The number of nitrogens with zero attached hydrogens (tertiary/aromatic N) is 1. The first-order chi connectivity index (χ1) is 16.5. The monoisotopic (exact) mass is 460 g/mol. The second-order valence-corrected chi connectivity index (χ2v) is 9.79. The number of carbonyl (C=O) groups is 1. The third kappa shape index (κ3) is 5.24. The van der Waals surface area contributed by atoms with E-state index in [0.717, 1.165) is 56.3 Å². The van der Waals surface area contributed by atoms with Crippen molar-refractivity contribution in [1.82, 2.24) is 10.2 Å². The molecule has 2 aromatic carbocycles. The zero-order valence-corrected chi connectivity index (χ0v) is 19.7. The quantitative estimate of drug-likeness (QED) is 0.564. The van der Waals surface area contributed by atoms with Crippen LogP contribution in [0.5, 0.6) is 0 Å². The van der Waals surface area contributed by atoms with Gasteiger partial charge in [0.15, 0.2) is 0 Å². The Bertz CT molecular complexity index is 1210. The van der Waals surface area contributed by atoms with Gasteiger partial charge in [0, 0.05) is 37.6 Å². The fourth-order valence-electron chi connectivity index (χ4n) is 5.31. The fourth-order valence-corrected chi connectivity index (χ4v) is 5.31. The summed E-state index contributed by atoms with van der Waals surface area (Å²) in [6, 6.07) is 17.7.